The topological polar surface area (TPSA) is 21.3 Å². The van der Waals surface area contributed by atoms with Crippen LogP contribution in [0.1, 0.15) is 11.1 Å². The lowest BCUT2D eigenvalue weighted by Gasteiger charge is -2.44. The minimum atomic E-state index is 0.0897. The van der Waals surface area contributed by atoms with Crippen LogP contribution < -0.4 is 10.1 Å². The molecule has 2 nitrogen and oxygen atoms in total. The Morgan fingerprint density at radius 3 is 2.57 bits per heavy atom. The summed E-state index contributed by atoms with van der Waals surface area (Å²) in [4.78, 5) is 0. The summed E-state index contributed by atoms with van der Waals surface area (Å²) in [6.07, 6.45) is 0.965. The largest absolute Gasteiger partial charge is 0.496 e. The lowest BCUT2D eigenvalue weighted by Crippen LogP contribution is -2.58. The molecule has 2 aromatic rings. The Labute approximate surface area is 138 Å². The highest BCUT2D eigenvalue weighted by atomic mass is 79.9. The third-order valence-electron chi connectivity index (χ3n) is 4.13. The van der Waals surface area contributed by atoms with Crippen LogP contribution in [0.15, 0.2) is 46.9 Å². The molecule has 1 fully saturated rings. The fourth-order valence-corrected chi connectivity index (χ4v) is 3.86. The molecular formula is C17H17BrClNO. The van der Waals surface area contributed by atoms with Crippen molar-refractivity contribution in [1.82, 2.24) is 5.32 Å². The van der Waals surface area contributed by atoms with Crippen LogP contribution in [0.25, 0.3) is 0 Å². The maximum absolute atomic E-state index is 6.41. The molecule has 0 aromatic heterocycles. The number of methoxy groups -OCH3 is 1. The zero-order chi connectivity index (χ0) is 14.9. The molecule has 4 heteroatoms. The van der Waals surface area contributed by atoms with Crippen molar-refractivity contribution < 1.29 is 4.74 Å². The smallest absolute Gasteiger partial charge is 0.133 e. The molecule has 0 unspecified atom stereocenters. The number of hydrogen-bond acceptors (Lipinski definition) is 2. The van der Waals surface area contributed by atoms with Crippen LogP contribution >= 0.6 is 27.5 Å². The summed E-state index contributed by atoms with van der Waals surface area (Å²) in [6, 6.07) is 14.4. The minimum Gasteiger partial charge on any atom is -0.496 e. The second kappa shape index (κ2) is 5.99. The zero-order valence-electron chi connectivity index (χ0n) is 11.8. The van der Waals surface area contributed by atoms with Gasteiger partial charge in [0.2, 0.25) is 0 Å². The minimum absolute atomic E-state index is 0.0897. The maximum atomic E-state index is 6.41. The molecular weight excluding hydrogens is 350 g/mol. The molecule has 0 bridgehead atoms. The predicted octanol–water partition coefficient (Wildman–Crippen LogP) is 4.19. The standard InChI is InChI=1S/C17H17BrClNO/c1-21-16-7-6-12(8-14(16)18)9-17(10-20-11-17)13-4-2-3-5-15(13)19/h2-8,20H,9-11H2,1H3. The number of halogens is 2. The molecule has 21 heavy (non-hydrogen) atoms. The van der Waals surface area contributed by atoms with Gasteiger partial charge in [-0.2, -0.15) is 0 Å². The Morgan fingerprint density at radius 2 is 2.00 bits per heavy atom. The van der Waals surface area contributed by atoms with Crippen molar-refractivity contribution in [3.05, 3.63) is 63.1 Å². The summed E-state index contributed by atoms with van der Waals surface area (Å²) in [5.74, 6) is 0.859. The molecule has 1 saturated heterocycles. The Morgan fingerprint density at radius 1 is 1.24 bits per heavy atom. The maximum Gasteiger partial charge on any atom is 0.133 e. The monoisotopic (exact) mass is 365 g/mol. The van der Waals surface area contributed by atoms with Crippen LogP contribution in [0.3, 0.4) is 0 Å². The van der Waals surface area contributed by atoms with Gasteiger partial charge in [-0.1, -0.05) is 35.9 Å². The Bertz CT molecular complexity index is 655. The molecule has 1 heterocycles. The summed E-state index contributed by atoms with van der Waals surface area (Å²) < 4.78 is 6.28. The number of rotatable bonds is 4. The van der Waals surface area contributed by atoms with Crippen LogP contribution in [0, 0.1) is 0 Å². The second-order valence-electron chi connectivity index (χ2n) is 5.51. The van der Waals surface area contributed by atoms with Gasteiger partial charge in [-0.25, -0.2) is 0 Å². The summed E-state index contributed by atoms with van der Waals surface area (Å²) in [5.41, 5.74) is 2.60. The van der Waals surface area contributed by atoms with Crippen LogP contribution in [0.4, 0.5) is 0 Å². The molecule has 0 spiro atoms. The first kappa shape index (κ1) is 14.9. The summed E-state index contributed by atoms with van der Waals surface area (Å²) in [5, 5.41) is 4.24. The third kappa shape index (κ3) is 2.83. The molecule has 1 N–H and O–H groups in total. The summed E-state index contributed by atoms with van der Waals surface area (Å²) in [6.45, 7) is 1.92. The van der Waals surface area contributed by atoms with Crippen molar-refractivity contribution in [1.29, 1.82) is 0 Å². The van der Waals surface area contributed by atoms with Gasteiger partial charge in [0, 0.05) is 23.5 Å². The average Bonchev–Trinajstić information content (AvgIpc) is 2.44. The van der Waals surface area contributed by atoms with E-state index in [1.807, 2.05) is 18.2 Å². The molecule has 1 aliphatic heterocycles. The van der Waals surface area contributed by atoms with Crippen molar-refractivity contribution in [2.45, 2.75) is 11.8 Å². The Hall–Kier alpha value is -1.03. The lowest BCUT2D eigenvalue weighted by atomic mass is 9.71. The normalized spacial score (nSPS) is 16.3. The van der Waals surface area contributed by atoms with Crippen LogP contribution in [0.5, 0.6) is 5.75 Å². The number of ether oxygens (including phenoxy) is 1. The number of benzene rings is 2. The van der Waals surface area contributed by atoms with Gasteiger partial charge in [-0.15, -0.1) is 0 Å². The first-order valence-electron chi connectivity index (χ1n) is 6.93. The third-order valence-corrected chi connectivity index (χ3v) is 5.08. The molecule has 2 aromatic carbocycles. The van der Waals surface area contributed by atoms with Gasteiger partial charge in [-0.05, 0) is 51.7 Å². The quantitative estimate of drug-likeness (QED) is 0.876. The molecule has 1 aliphatic rings. The van der Waals surface area contributed by atoms with Crippen LogP contribution in [-0.2, 0) is 11.8 Å². The highest BCUT2D eigenvalue weighted by molar-refractivity contribution is 9.10. The van der Waals surface area contributed by atoms with E-state index in [0.717, 1.165) is 34.8 Å². The van der Waals surface area contributed by atoms with E-state index in [0.29, 0.717) is 0 Å². The summed E-state index contributed by atoms with van der Waals surface area (Å²) >= 11 is 9.97. The molecule has 0 atom stereocenters. The van der Waals surface area contributed by atoms with Gasteiger partial charge in [0.05, 0.1) is 11.6 Å². The van der Waals surface area contributed by atoms with E-state index in [1.165, 1.54) is 11.1 Å². The van der Waals surface area contributed by atoms with Gasteiger partial charge in [-0.3, -0.25) is 0 Å². The van der Waals surface area contributed by atoms with E-state index < -0.39 is 0 Å². The molecule has 0 saturated carbocycles. The van der Waals surface area contributed by atoms with Gasteiger partial charge in [0.15, 0.2) is 0 Å². The lowest BCUT2D eigenvalue weighted by molar-refractivity contribution is 0.275. The summed E-state index contributed by atoms with van der Waals surface area (Å²) in [7, 11) is 1.68. The van der Waals surface area contributed by atoms with Crippen LogP contribution in [0.2, 0.25) is 5.02 Å². The van der Waals surface area contributed by atoms with Crippen molar-refractivity contribution in [3.63, 3.8) is 0 Å². The fourth-order valence-electron chi connectivity index (χ4n) is 2.94. The van der Waals surface area contributed by atoms with Gasteiger partial charge >= 0.3 is 0 Å². The van der Waals surface area contributed by atoms with E-state index in [2.05, 4.69) is 45.5 Å². The van der Waals surface area contributed by atoms with E-state index in [4.69, 9.17) is 16.3 Å². The van der Waals surface area contributed by atoms with Gasteiger partial charge in [0.25, 0.3) is 0 Å². The number of hydrogen-bond donors (Lipinski definition) is 1. The van der Waals surface area contributed by atoms with Gasteiger partial charge < -0.3 is 10.1 Å². The van der Waals surface area contributed by atoms with Gasteiger partial charge in [0.1, 0.15) is 5.75 Å². The fraction of sp³-hybridized carbons (Fsp3) is 0.294. The SMILES string of the molecule is COc1ccc(CC2(c3ccccc3Cl)CNC2)cc1Br. The van der Waals surface area contributed by atoms with Crippen molar-refractivity contribution >= 4 is 27.5 Å². The average molecular weight is 367 g/mol. The molecule has 110 valence electrons. The van der Waals surface area contributed by atoms with E-state index >= 15 is 0 Å². The van der Waals surface area contributed by atoms with Crippen molar-refractivity contribution in [2.24, 2.45) is 0 Å². The van der Waals surface area contributed by atoms with E-state index in [-0.39, 0.29) is 5.41 Å². The number of nitrogens with one attached hydrogen (secondary N) is 1. The molecule has 0 radical (unpaired) electrons. The second-order valence-corrected chi connectivity index (χ2v) is 6.77. The van der Waals surface area contributed by atoms with E-state index in [1.54, 1.807) is 7.11 Å². The first-order chi connectivity index (χ1) is 10.1. The Kier molecular flexibility index (Phi) is 4.25. The van der Waals surface area contributed by atoms with E-state index in [9.17, 15) is 0 Å². The Balaban J connectivity index is 1.91. The highest BCUT2D eigenvalue weighted by Crippen LogP contribution is 2.37. The predicted molar refractivity (Wildman–Crippen MR) is 90.4 cm³/mol. The highest BCUT2D eigenvalue weighted by Gasteiger charge is 2.40. The molecule has 0 aliphatic carbocycles. The van der Waals surface area contributed by atoms with Crippen molar-refractivity contribution in [2.75, 3.05) is 20.2 Å². The first-order valence-corrected chi connectivity index (χ1v) is 8.10. The molecule has 0 amide bonds. The van der Waals surface area contributed by atoms with Crippen molar-refractivity contribution in [3.8, 4) is 5.75 Å². The molecule has 3 rings (SSSR count). The zero-order valence-corrected chi connectivity index (χ0v) is 14.2. The van der Waals surface area contributed by atoms with Crippen LogP contribution in [-0.4, -0.2) is 20.2 Å².